The molecule has 0 unspecified atom stereocenters. The molecule has 0 aliphatic heterocycles. The lowest BCUT2D eigenvalue weighted by molar-refractivity contribution is -0.137. The second-order valence-corrected chi connectivity index (χ2v) is 7.72. The zero-order chi connectivity index (χ0) is 25.9. The number of anilines is 1. The van der Waals surface area contributed by atoms with E-state index in [1.165, 1.54) is 48.7 Å². The number of hydrogen-bond donors (Lipinski definition) is 3. The standard InChI is InChI=1S/C25H19F3N2O6/c26-25(27,28)16-4-1-3-14(9-16)21-11-20(33)18-5-2-6-19(23(18)36-21)30-24(34)15-7-8-29-22(10-15)35-13-17(32)12-31/h1-11,17,31-32H,12-13H2,(H,30,34)/t17-/m0/s1. The fourth-order valence-electron chi connectivity index (χ4n) is 3.33. The number of para-hydroxylation sites is 1. The maximum atomic E-state index is 13.1. The number of pyridine rings is 1. The van der Waals surface area contributed by atoms with Gasteiger partial charge in [0.15, 0.2) is 11.0 Å². The molecule has 36 heavy (non-hydrogen) atoms. The average molecular weight is 500 g/mol. The third-order valence-corrected chi connectivity index (χ3v) is 5.11. The molecule has 4 aromatic rings. The van der Waals surface area contributed by atoms with Crippen LogP contribution in [0.4, 0.5) is 18.9 Å². The van der Waals surface area contributed by atoms with Gasteiger partial charge in [0.1, 0.15) is 18.5 Å². The Morgan fingerprint density at radius 1 is 1.11 bits per heavy atom. The van der Waals surface area contributed by atoms with Crippen molar-refractivity contribution in [3.05, 3.63) is 88.2 Å². The number of nitrogens with one attached hydrogen (secondary N) is 1. The van der Waals surface area contributed by atoms with Crippen molar-refractivity contribution in [2.24, 2.45) is 0 Å². The van der Waals surface area contributed by atoms with Crippen molar-refractivity contribution < 1.29 is 37.3 Å². The zero-order valence-corrected chi connectivity index (χ0v) is 18.5. The lowest BCUT2D eigenvalue weighted by Gasteiger charge is -2.12. The first-order chi connectivity index (χ1) is 17.2. The minimum atomic E-state index is -4.57. The van der Waals surface area contributed by atoms with Gasteiger partial charge in [0, 0.05) is 29.5 Å². The molecule has 8 nitrogen and oxygen atoms in total. The first kappa shape index (κ1) is 24.9. The highest BCUT2D eigenvalue weighted by Gasteiger charge is 2.30. The number of fused-ring (bicyclic) bond motifs is 1. The lowest BCUT2D eigenvalue weighted by Crippen LogP contribution is -2.21. The summed E-state index contributed by atoms with van der Waals surface area (Å²) in [5.41, 5.74) is -1.10. The highest BCUT2D eigenvalue weighted by Crippen LogP contribution is 2.33. The van der Waals surface area contributed by atoms with Crippen LogP contribution >= 0.6 is 0 Å². The van der Waals surface area contributed by atoms with E-state index in [9.17, 15) is 27.9 Å². The number of benzene rings is 2. The number of aliphatic hydroxyl groups is 2. The number of alkyl halides is 3. The molecule has 0 saturated carbocycles. The Balaban J connectivity index is 1.67. The van der Waals surface area contributed by atoms with E-state index in [1.54, 1.807) is 0 Å². The van der Waals surface area contributed by atoms with Gasteiger partial charge in [-0.05, 0) is 30.3 Å². The normalized spacial score (nSPS) is 12.4. The van der Waals surface area contributed by atoms with E-state index in [2.05, 4.69) is 10.3 Å². The number of aromatic nitrogens is 1. The van der Waals surface area contributed by atoms with Crippen molar-refractivity contribution in [2.75, 3.05) is 18.5 Å². The van der Waals surface area contributed by atoms with Gasteiger partial charge in [-0.1, -0.05) is 18.2 Å². The van der Waals surface area contributed by atoms with Gasteiger partial charge >= 0.3 is 6.18 Å². The minimum absolute atomic E-state index is 0.0117. The Labute approximate surface area is 201 Å². The molecule has 11 heteroatoms. The molecule has 186 valence electrons. The number of ether oxygens (including phenoxy) is 1. The van der Waals surface area contributed by atoms with Crippen molar-refractivity contribution in [3.63, 3.8) is 0 Å². The highest BCUT2D eigenvalue weighted by atomic mass is 19.4. The van der Waals surface area contributed by atoms with Crippen LogP contribution in [0.1, 0.15) is 15.9 Å². The summed E-state index contributed by atoms with van der Waals surface area (Å²) in [4.78, 5) is 29.5. The second kappa shape index (κ2) is 10.2. The van der Waals surface area contributed by atoms with Crippen LogP contribution in [0.15, 0.2) is 76.1 Å². The molecule has 1 amide bonds. The molecule has 0 fully saturated rings. The van der Waals surface area contributed by atoms with Gasteiger partial charge in [0.05, 0.1) is 23.2 Å². The van der Waals surface area contributed by atoms with Gasteiger partial charge in [0.25, 0.3) is 5.91 Å². The smallest absolute Gasteiger partial charge is 0.416 e. The molecule has 2 aromatic carbocycles. The number of carbonyl (C=O) groups excluding carboxylic acids is 1. The topological polar surface area (TPSA) is 122 Å². The van der Waals surface area contributed by atoms with Crippen molar-refractivity contribution >= 4 is 22.6 Å². The SMILES string of the molecule is O=C(Nc1cccc2c(=O)cc(-c3cccc(C(F)(F)F)c3)oc12)c1ccnc(OC[C@@H](O)CO)c1. The van der Waals surface area contributed by atoms with Crippen LogP contribution in [0.2, 0.25) is 0 Å². The third kappa shape index (κ3) is 5.53. The molecule has 2 aromatic heterocycles. The Morgan fingerprint density at radius 2 is 1.89 bits per heavy atom. The number of nitrogens with zero attached hydrogens (tertiary/aromatic N) is 1. The monoisotopic (exact) mass is 500 g/mol. The first-order valence-corrected chi connectivity index (χ1v) is 10.6. The molecule has 0 spiro atoms. The summed E-state index contributed by atoms with van der Waals surface area (Å²) >= 11 is 0. The fourth-order valence-corrected chi connectivity index (χ4v) is 3.33. The predicted octanol–water partition coefficient (Wildman–Crippen LogP) is 3.86. The summed E-state index contributed by atoms with van der Waals surface area (Å²) in [5.74, 6) is -0.668. The van der Waals surface area contributed by atoms with Crippen molar-refractivity contribution in [1.82, 2.24) is 4.98 Å². The Bertz CT molecular complexity index is 1470. The van der Waals surface area contributed by atoms with Crippen LogP contribution < -0.4 is 15.5 Å². The minimum Gasteiger partial charge on any atom is -0.475 e. The Hall–Kier alpha value is -4.22. The maximum Gasteiger partial charge on any atom is 0.416 e. The molecule has 0 saturated heterocycles. The van der Waals surface area contributed by atoms with Gasteiger partial charge in [-0.3, -0.25) is 9.59 Å². The van der Waals surface area contributed by atoms with E-state index < -0.39 is 35.8 Å². The average Bonchev–Trinajstić information content (AvgIpc) is 2.87. The van der Waals surface area contributed by atoms with Gasteiger partial charge in [-0.2, -0.15) is 13.2 Å². The van der Waals surface area contributed by atoms with E-state index in [4.69, 9.17) is 14.3 Å². The predicted molar refractivity (Wildman–Crippen MR) is 124 cm³/mol. The van der Waals surface area contributed by atoms with Gasteiger partial charge < -0.3 is 24.7 Å². The molecular weight excluding hydrogens is 481 g/mol. The Morgan fingerprint density at radius 3 is 2.64 bits per heavy atom. The van der Waals surface area contributed by atoms with Crippen LogP contribution in [-0.4, -0.2) is 40.4 Å². The van der Waals surface area contributed by atoms with Crippen molar-refractivity contribution in [3.8, 4) is 17.2 Å². The van der Waals surface area contributed by atoms with Crippen LogP contribution in [0.5, 0.6) is 5.88 Å². The molecule has 0 bridgehead atoms. The number of aliphatic hydroxyl groups excluding tert-OH is 2. The molecule has 3 N–H and O–H groups in total. The molecule has 1 atom stereocenters. The molecule has 2 heterocycles. The Kier molecular flexibility index (Phi) is 7.04. The largest absolute Gasteiger partial charge is 0.475 e. The van der Waals surface area contributed by atoms with E-state index in [-0.39, 0.29) is 46.0 Å². The van der Waals surface area contributed by atoms with Crippen LogP contribution in [-0.2, 0) is 6.18 Å². The number of carbonyl (C=O) groups is 1. The van der Waals surface area contributed by atoms with E-state index in [0.29, 0.717) is 0 Å². The summed E-state index contributed by atoms with van der Waals surface area (Å²) in [5, 5.41) is 21.0. The van der Waals surface area contributed by atoms with Crippen LogP contribution in [0.3, 0.4) is 0 Å². The number of hydrogen-bond acceptors (Lipinski definition) is 7. The summed E-state index contributed by atoms with van der Waals surface area (Å²) in [6.07, 6.45) is -4.38. The first-order valence-electron chi connectivity index (χ1n) is 10.6. The van der Waals surface area contributed by atoms with Crippen molar-refractivity contribution in [2.45, 2.75) is 12.3 Å². The zero-order valence-electron chi connectivity index (χ0n) is 18.5. The summed E-state index contributed by atoms with van der Waals surface area (Å²) in [6.45, 7) is -0.740. The van der Waals surface area contributed by atoms with Crippen molar-refractivity contribution in [1.29, 1.82) is 0 Å². The van der Waals surface area contributed by atoms with Gasteiger partial charge in [-0.15, -0.1) is 0 Å². The maximum absolute atomic E-state index is 13.1. The molecular formula is C25H19F3N2O6. The summed E-state index contributed by atoms with van der Waals surface area (Å²) < 4.78 is 50.5. The highest BCUT2D eigenvalue weighted by molar-refractivity contribution is 6.08. The fraction of sp³-hybridized carbons (Fsp3) is 0.160. The van der Waals surface area contributed by atoms with Gasteiger partial charge in [-0.25, -0.2) is 4.98 Å². The number of rotatable bonds is 7. The second-order valence-electron chi connectivity index (χ2n) is 7.72. The van der Waals surface area contributed by atoms with Crippen LogP contribution in [0.25, 0.3) is 22.3 Å². The van der Waals surface area contributed by atoms with Crippen LogP contribution in [0, 0.1) is 0 Å². The van der Waals surface area contributed by atoms with E-state index in [0.717, 1.165) is 18.2 Å². The number of amides is 1. The van der Waals surface area contributed by atoms with Gasteiger partial charge in [0.2, 0.25) is 5.88 Å². The number of halogens is 3. The molecule has 0 aliphatic carbocycles. The molecule has 0 aliphatic rings. The quantitative estimate of drug-likeness (QED) is 0.352. The summed E-state index contributed by atoms with van der Waals surface area (Å²) in [7, 11) is 0. The van der Waals surface area contributed by atoms with E-state index >= 15 is 0 Å². The lowest BCUT2D eigenvalue weighted by atomic mass is 10.1. The third-order valence-electron chi connectivity index (χ3n) is 5.11. The molecule has 0 radical (unpaired) electrons. The summed E-state index contributed by atoms with van der Waals surface area (Å²) in [6, 6.07) is 12.7. The van der Waals surface area contributed by atoms with E-state index in [1.807, 2.05) is 0 Å². The molecule has 4 rings (SSSR count).